The minimum atomic E-state index is -3.04. The van der Waals surface area contributed by atoms with Crippen LogP contribution in [0.15, 0.2) is 12.7 Å². The standard InChI is InChI=1S/C11H23O4P/c1-6-10-16(12,15-9-4)11(5,13-7-2)14-8-3/h6H,1,7-10H2,2-5H3. The molecule has 1 atom stereocenters. The second-order valence-electron chi connectivity index (χ2n) is 3.33. The predicted molar refractivity (Wildman–Crippen MR) is 66.0 cm³/mol. The van der Waals surface area contributed by atoms with E-state index < -0.39 is 12.9 Å². The van der Waals surface area contributed by atoms with E-state index in [1.54, 1.807) is 19.9 Å². The van der Waals surface area contributed by atoms with E-state index in [4.69, 9.17) is 14.0 Å². The van der Waals surface area contributed by atoms with Crippen LogP contribution in [0.1, 0.15) is 27.7 Å². The lowest BCUT2D eigenvalue weighted by molar-refractivity contribution is -0.167. The lowest BCUT2D eigenvalue weighted by atomic mass is 10.7. The molecule has 0 aromatic carbocycles. The van der Waals surface area contributed by atoms with Crippen molar-refractivity contribution in [2.45, 2.75) is 33.2 Å². The van der Waals surface area contributed by atoms with Gasteiger partial charge in [-0.05, 0) is 27.7 Å². The smallest absolute Gasteiger partial charge is 0.264 e. The van der Waals surface area contributed by atoms with Crippen molar-refractivity contribution in [1.29, 1.82) is 0 Å². The minimum Gasteiger partial charge on any atom is -0.342 e. The van der Waals surface area contributed by atoms with Gasteiger partial charge in [-0.25, -0.2) is 0 Å². The van der Waals surface area contributed by atoms with Gasteiger partial charge in [0, 0.05) is 19.4 Å². The fourth-order valence-electron chi connectivity index (χ4n) is 1.49. The van der Waals surface area contributed by atoms with E-state index in [0.717, 1.165) is 0 Å². The Bertz CT molecular complexity index is 246. The summed E-state index contributed by atoms with van der Waals surface area (Å²) < 4.78 is 29.0. The molecule has 5 heteroatoms. The fraction of sp³-hybridized carbons (Fsp3) is 0.818. The van der Waals surface area contributed by atoms with Gasteiger partial charge < -0.3 is 14.0 Å². The molecule has 16 heavy (non-hydrogen) atoms. The van der Waals surface area contributed by atoms with Gasteiger partial charge in [0.15, 0.2) is 0 Å². The van der Waals surface area contributed by atoms with Crippen molar-refractivity contribution in [2.75, 3.05) is 26.0 Å². The molecule has 0 aromatic heterocycles. The Morgan fingerprint density at radius 1 is 1.19 bits per heavy atom. The van der Waals surface area contributed by atoms with E-state index in [0.29, 0.717) is 19.8 Å². The Hall–Kier alpha value is -0.150. The molecule has 0 amide bonds. The average molecular weight is 250 g/mol. The molecule has 0 saturated heterocycles. The van der Waals surface area contributed by atoms with Gasteiger partial charge in [0.2, 0.25) is 5.53 Å². The number of hydrogen-bond donors (Lipinski definition) is 0. The Labute approximate surface area is 98.4 Å². The van der Waals surface area contributed by atoms with Crippen LogP contribution in [0.4, 0.5) is 0 Å². The summed E-state index contributed by atoms with van der Waals surface area (Å²) in [5, 5.41) is 0. The summed E-state index contributed by atoms with van der Waals surface area (Å²) in [5.41, 5.74) is -1.18. The largest absolute Gasteiger partial charge is 0.342 e. The van der Waals surface area contributed by atoms with Crippen molar-refractivity contribution in [1.82, 2.24) is 0 Å². The molecule has 0 heterocycles. The van der Waals surface area contributed by atoms with Crippen LogP contribution in [0.3, 0.4) is 0 Å². The molecular weight excluding hydrogens is 227 g/mol. The molecule has 0 rings (SSSR count). The molecule has 0 aliphatic heterocycles. The third kappa shape index (κ3) is 3.70. The van der Waals surface area contributed by atoms with Crippen LogP contribution >= 0.6 is 7.37 Å². The molecular formula is C11H23O4P. The van der Waals surface area contributed by atoms with E-state index >= 15 is 0 Å². The van der Waals surface area contributed by atoms with Gasteiger partial charge in [0.25, 0.3) is 7.37 Å². The maximum atomic E-state index is 12.7. The van der Waals surface area contributed by atoms with E-state index in [1.807, 2.05) is 13.8 Å². The summed E-state index contributed by atoms with van der Waals surface area (Å²) in [5.74, 6) is 0. The van der Waals surface area contributed by atoms with E-state index in [1.165, 1.54) is 0 Å². The molecule has 0 N–H and O–H groups in total. The first-order valence-electron chi connectivity index (χ1n) is 5.62. The number of allylic oxidation sites excluding steroid dienone is 1. The van der Waals surface area contributed by atoms with Crippen LogP contribution in [-0.4, -0.2) is 31.5 Å². The summed E-state index contributed by atoms with van der Waals surface area (Å²) in [7, 11) is -3.04. The minimum absolute atomic E-state index is 0.247. The van der Waals surface area contributed by atoms with Crippen molar-refractivity contribution in [3.8, 4) is 0 Å². The molecule has 96 valence electrons. The van der Waals surface area contributed by atoms with Crippen LogP contribution in [0.5, 0.6) is 0 Å². The van der Waals surface area contributed by atoms with Gasteiger partial charge in [0.1, 0.15) is 0 Å². The third-order valence-corrected chi connectivity index (χ3v) is 5.06. The van der Waals surface area contributed by atoms with Gasteiger partial charge in [-0.15, -0.1) is 6.58 Å². The lowest BCUT2D eigenvalue weighted by Gasteiger charge is -2.35. The Kier molecular flexibility index (Phi) is 7.16. The number of ether oxygens (including phenoxy) is 2. The lowest BCUT2D eigenvalue weighted by Crippen LogP contribution is -2.34. The molecule has 0 radical (unpaired) electrons. The van der Waals surface area contributed by atoms with Gasteiger partial charge >= 0.3 is 0 Å². The zero-order valence-corrected chi connectivity index (χ0v) is 11.6. The van der Waals surface area contributed by atoms with Gasteiger partial charge in [0.05, 0.1) is 6.61 Å². The predicted octanol–water partition coefficient (Wildman–Crippen LogP) is 3.23. The van der Waals surface area contributed by atoms with Crippen molar-refractivity contribution >= 4 is 7.37 Å². The first kappa shape index (κ1) is 15.9. The fourth-order valence-corrected chi connectivity index (χ4v) is 3.57. The molecule has 4 nitrogen and oxygen atoms in total. The summed E-state index contributed by atoms with van der Waals surface area (Å²) in [4.78, 5) is 0. The van der Waals surface area contributed by atoms with E-state index in [9.17, 15) is 4.57 Å². The highest BCUT2D eigenvalue weighted by Crippen LogP contribution is 2.60. The van der Waals surface area contributed by atoms with Crippen LogP contribution in [0, 0.1) is 0 Å². The first-order chi connectivity index (χ1) is 7.49. The topological polar surface area (TPSA) is 44.8 Å². The van der Waals surface area contributed by atoms with Crippen molar-refractivity contribution in [2.24, 2.45) is 0 Å². The molecule has 0 aromatic rings. The van der Waals surface area contributed by atoms with Crippen LogP contribution in [-0.2, 0) is 18.6 Å². The van der Waals surface area contributed by atoms with Crippen molar-refractivity contribution in [3.05, 3.63) is 12.7 Å². The molecule has 0 aliphatic carbocycles. The molecule has 0 bridgehead atoms. The number of rotatable bonds is 9. The second-order valence-corrected chi connectivity index (χ2v) is 6.11. The summed E-state index contributed by atoms with van der Waals surface area (Å²) in [6.07, 6.45) is 1.82. The highest BCUT2D eigenvalue weighted by atomic mass is 31.2. The Morgan fingerprint density at radius 2 is 1.69 bits per heavy atom. The van der Waals surface area contributed by atoms with Crippen molar-refractivity contribution < 1.29 is 18.6 Å². The highest BCUT2D eigenvalue weighted by molar-refractivity contribution is 7.60. The zero-order valence-electron chi connectivity index (χ0n) is 10.7. The third-order valence-electron chi connectivity index (χ3n) is 2.15. The van der Waals surface area contributed by atoms with E-state index in [2.05, 4.69) is 6.58 Å². The van der Waals surface area contributed by atoms with Crippen LogP contribution in [0.25, 0.3) is 0 Å². The molecule has 0 aliphatic rings. The summed E-state index contributed by atoms with van der Waals surface area (Å²) in [6.45, 7) is 11.9. The molecule has 0 fully saturated rings. The SMILES string of the molecule is C=CCP(=O)(OCC)C(C)(OCC)OCC. The summed E-state index contributed by atoms with van der Waals surface area (Å²) in [6, 6.07) is 0. The van der Waals surface area contributed by atoms with E-state index in [-0.39, 0.29) is 6.16 Å². The normalized spacial score (nSPS) is 15.8. The Balaban J connectivity index is 5.06. The number of hydrogen-bond acceptors (Lipinski definition) is 4. The molecule has 1 unspecified atom stereocenters. The maximum absolute atomic E-state index is 12.7. The van der Waals surface area contributed by atoms with Crippen LogP contribution < -0.4 is 0 Å². The zero-order chi connectivity index (χ0) is 12.7. The quantitative estimate of drug-likeness (QED) is 0.358. The monoisotopic (exact) mass is 250 g/mol. The second kappa shape index (κ2) is 7.23. The summed E-state index contributed by atoms with van der Waals surface area (Å²) >= 11 is 0. The van der Waals surface area contributed by atoms with Gasteiger partial charge in [-0.3, -0.25) is 4.57 Å². The highest BCUT2D eigenvalue weighted by Gasteiger charge is 2.46. The molecule has 0 saturated carbocycles. The Morgan fingerprint density at radius 3 is 2.00 bits per heavy atom. The first-order valence-corrected chi connectivity index (χ1v) is 7.43. The van der Waals surface area contributed by atoms with Crippen molar-refractivity contribution in [3.63, 3.8) is 0 Å². The van der Waals surface area contributed by atoms with Gasteiger partial charge in [-0.1, -0.05) is 6.08 Å². The molecule has 0 spiro atoms. The maximum Gasteiger partial charge on any atom is 0.264 e. The van der Waals surface area contributed by atoms with Crippen LogP contribution in [0.2, 0.25) is 0 Å². The van der Waals surface area contributed by atoms with Gasteiger partial charge in [-0.2, -0.15) is 0 Å². The average Bonchev–Trinajstić information content (AvgIpc) is 2.19.